The normalized spacial score (nSPS) is 18.6. The maximum Gasteiger partial charge on any atom is 0.270 e. The topological polar surface area (TPSA) is 80.5 Å². The number of nitro benzene ring substituents is 1. The quantitative estimate of drug-likeness (QED) is 0.593. The summed E-state index contributed by atoms with van der Waals surface area (Å²) >= 11 is 7.69. The van der Waals surface area contributed by atoms with Gasteiger partial charge in [-0.05, 0) is 17.7 Å². The molecule has 1 heterocycles. The van der Waals surface area contributed by atoms with Gasteiger partial charge in [0.15, 0.2) is 0 Å². The lowest BCUT2D eigenvalue weighted by molar-refractivity contribution is -0.385. The second-order valence-corrected chi connectivity index (χ2v) is 8.60. The SMILES string of the molecule is O=[N+]([O-])c1cccc(S(=O)(=O)N2CCS[C@H]2c2ccccc2Cl)c1. The number of nitro groups is 1. The molecular weight excluding hydrogens is 372 g/mol. The fourth-order valence-electron chi connectivity index (χ4n) is 2.51. The van der Waals surface area contributed by atoms with Crippen molar-refractivity contribution in [1.82, 2.24) is 4.31 Å². The van der Waals surface area contributed by atoms with Crippen molar-refractivity contribution in [2.24, 2.45) is 0 Å². The monoisotopic (exact) mass is 384 g/mol. The van der Waals surface area contributed by atoms with Gasteiger partial charge in [-0.1, -0.05) is 35.9 Å². The molecule has 0 aromatic heterocycles. The van der Waals surface area contributed by atoms with E-state index in [1.165, 1.54) is 34.3 Å². The highest BCUT2D eigenvalue weighted by Gasteiger charge is 2.38. The molecule has 1 atom stereocenters. The van der Waals surface area contributed by atoms with E-state index in [2.05, 4.69) is 0 Å². The molecule has 2 aromatic carbocycles. The molecule has 6 nitrogen and oxygen atoms in total. The Balaban J connectivity index is 2.01. The van der Waals surface area contributed by atoms with E-state index in [1.807, 2.05) is 0 Å². The molecule has 1 fully saturated rings. The Morgan fingerprint density at radius 1 is 1.21 bits per heavy atom. The highest BCUT2D eigenvalue weighted by atomic mass is 35.5. The predicted molar refractivity (Wildman–Crippen MR) is 93.6 cm³/mol. The first-order valence-corrected chi connectivity index (χ1v) is 9.90. The summed E-state index contributed by atoms with van der Waals surface area (Å²) in [5.74, 6) is 0.629. The Morgan fingerprint density at radius 2 is 1.96 bits per heavy atom. The Kier molecular flexibility index (Phi) is 4.82. The largest absolute Gasteiger partial charge is 0.270 e. The molecule has 1 saturated heterocycles. The van der Waals surface area contributed by atoms with E-state index in [9.17, 15) is 18.5 Å². The summed E-state index contributed by atoms with van der Waals surface area (Å²) in [6, 6.07) is 12.2. The van der Waals surface area contributed by atoms with Crippen molar-refractivity contribution < 1.29 is 13.3 Å². The van der Waals surface area contributed by atoms with Crippen LogP contribution in [0.1, 0.15) is 10.9 Å². The number of nitrogens with zero attached hydrogens (tertiary/aromatic N) is 2. The number of rotatable bonds is 4. The minimum Gasteiger partial charge on any atom is -0.258 e. The molecule has 0 unspecified atom stereocenters. The Morgan fingerprint density at radius 3 is 2.67 bits per heavy atom. The van der Waals surface area contributed by atoms with Crippen LogP contribution < -0.4 is 0 Å². The van der Waals surface area contributed by atoms with Gasteiger partial charge in [-0.2, -0.15) is 4.31 Å². The van der Waals surface area contributed by atoms with Crippen LogP contribution in [0, 0.1) is 10.1 Å². The minimum atomic E-state index is -3.86. The van der Waals surface area contributed by atoms with Crippen molar-refractivity contribution in [2.75, 3.05) is 12.3 Å². The first kappa shape index (κ1) is 17.2. The third-order valence-corrected chi connectivity index (χ3v) is 7.24. The number of non-ortho nitro benzene ring substituents is 1. The summed E-state index contributed by atoms with van der Waals surface area (Å²) in [6.07, 6.45) is 0. The van der Waals surface area contributed by atoms with Crippen LogP contribution in [0.25, 0.3) is 0 Å². The van der Waals surface area contributed by atoms with E-state index in [0.717, 1.165) is 11.6 Å². The summed E-state index contributed by atoms with van der Waals surface area (Å²) in [5.41, 5.74) is 0.466. The molecule has 24 heavy (non-hydrogen) atoms. The van der Waals surface area contributed by atoms with Crippen molar-refractivity contribution in [3.63, 3.8) is 0 Å². The standard InChI is InChI=1S/C15H13ClN2O4S2/c16-14-7-2-1-6-13(14)15-17(8-9-23-15)24(21,22)12-5-3-4-11(10-12)18(19)20/h1-7,10,15H,8-9H2/t15-/m0/s1. The first-order valence-electron chi connectivity index (χ1n) is 7.03. The van der Waals surface area contributed by atoms with Crippen LogP contribution in [0.2, 0.25) is 5.02 Å². The summed E-state index contributed by atoms with van der Waals surface area (Å²) < 4.78 is 27.2. The molecule has 9 heteroatoms. The Labute approximate surface area is 148 Å². The number of benzene rings is 2. The average molecular weight is 385 g/mol. The summed E-state index contributed by atoms with van der Waals surface area (Å²) in [4.78, 5) is 10.2. The lowest BCUT2D eigenvalue weighted by atomic mass is 10.2. The van der Waals surface area contributed by atoms with Gasteiger partial charge in [0, 0.05) is 29.5 Å². The number of hydrogen-bond acceptors (Lipinski definition) is 5. The molecule has 0 radical (unpaired) electrons. The number of thioether (sulfide) groups is 1. The van der Waals surface area contributed by atoms with Crippen LogP contribution >= 0.6 is 23.4 Å². The molecule has 0 spiro atoms. The zero-order chi connectivity index (χ0) is 17.3. The second-order valence-electron chi connectivity index (χ2n) is 5.11. The van der Waals surface area contributed by atoms with Gasteiger partial charge in [-0.15, -0.1) is 11.8 Å². The molecule has 0 amide bonds. The van der Waals surface area contributed by atoms with Crippen molar-refractivity contribution >= 4 is 39.1 Å². The molecule has 0 saturated carbocycles. The number of sulfonamides is 1. The van der Waals surface area contributed by atoms with Gasteiger partial charge in [-0.3, -0.25) is 10.1 Å². The van der Waals surface area contributed by atoms with Crippen molar-refractivity contribution in [3.8, 4) is 0 Å². The number of hydrogen-bond donors (Lipinski definition) is 0. The third kappa shape index (κ3) is 3.14. The van der Waals surface area contributed by atoms with Crippen LogP contribution in [0.15, 0.2) is 53.4 Å². The van der Waals surface area contributed by atoms with Crippen molar-refractivity contribution in [2.45, 2.75) is 10.3 Å². The Bertz CT molecular complexity index is 889. The maximum absolute atomic E-state index is 13.0. The van der Waals surface area contributed by atoms with Crippen LogP contribution in [0.4, 0.5) is 5.69 Å². The van der Waals surface area contributed by atoms with E-state index in [1.54, 1.807) is 24.3 Å². The molecule has 0 aliphatic carbocycles. The molecule has 0 N–H and O–H groups in total. The molecule has 1 aliphatic heterocycles. The van der Waals surface area contributed by atoms with E-state index in [4.69, 9.17) is 11.6 Å². The second kappa shape index (κ2) is 6.72. The van der Waals surface area contributed by atoms with E-state index >= 15 is 0 Å². The van der Waals surface area contributed by atoms with Gasteiger partial charge in [0.05, 0.1) is 15.2 Å². The Hall–Kier alpha value is -1.61. The maximum atomic E-state index is 13.0. The highest BCUT2D eigenvalue weighted by molar-refractivity contribution is 8.01. The lowest BCUT2D eigenvalue weighted by Gasteiger charge is -2.24. The van der Waals surface area contributed by atoms with Gasteiger partial charge < -0.3 is 0 Å². The van der Waals surface area contributed by atoms with Gasteiger partial charge >= 0.3 is 0 Å². The highest BCUT2D eigenvalue weighted by Crippen LogP contribution is 2.43. The molecular formula is C15H13ClN2O4S2. The number of halogens is 1. The van der Waals surface area contributed by atoms with Crippen LogP contribution in [0.5, 0.6) is 0 Å². The molecule has 0 bridgehead atoms. The van der Waals surface area contributed by atoms with Crippen LogP contribution in [-0.2, 0) is 10.0 Å². The molecule has 1 aliphatic rings. The summed E-state index contributed by atoms with van der Waals surface area (Å²) in [7, 11) is -3.86. The van der Waals surface area contributed by atoms with Crippen molar-refractivity contribution in [1.29, 1.82) is 0 Å². The minimum absolute atomic E-state index is 0.0868. The summed E-state index contributed by atoms with van der Waals surface area (Å²) in [6.45, 7) is 0.325. The van der Waals surface area contributed by atoms with Crippen molar-refractivity contribution in [3.05, 3.63) is 69.2 Å². The van der Waals surface area contributed by atoms with Gasteiger partial charge in [0.25, 0.3) is 5.69 Å². The third-order valence-electron chi connectivity index (χ3n) is 3.66. The van der Waals surface area contributed by atoms with Gasteiger partial charge in [0.1, 0.15) is 0 Å². The fraction of sp³-hybridized carbons (Fsp3) is 0.200. The molecule has 2 aromatic rings. The average Bonchev–Trinajstić information content (AvgIpc) is 3.05. The van der Waals surface area contributed by atoms with Crippen LogP contribution in [0.3, 0.4) is 0 Å². The van der Waals surface area contributed by atoms with Gasteiger partial charge in [0.2, 0.25) is 10.0 Å². The van der Waals surface area contributed by atoms with E-state index < -0.39 is 20.3 Å². The molecule has 126 valence electrons. The summed E-state index contributed by atoms with van der Waals surface area (Å²) in [5, 5.41) is 11.0. The van der Waals surface area contributed by atoms with Crippen LogP contribution in [-0.4, -0.2) is 29.9 Å². The zero-order valence-corrected chi connectivity index (χ0v) is 14.7. The first-order chi connectivity index (χ1) is 11.4. The van der Waals surface area contributed by atoms with E-state index in [-0.39, 0.29) is 10.6 Å². The smallest absolute Gasteiger partial charge is 0.258 e. The predicted octanol–water partition coefficient (Wildman–Crippen LogP) is 3.68. The van der Waals surface area contributed by atoms with E-state index in [0.29, 0.717) is 17.3 Å². The fourth-order valence-corrected chi connectivity index (χ4v) is 6.13. The lowest BCUT2D eigenvalue weighted by Crippen LogP contribution is -2.30. The zero-order valence-electron chi connectivity index (χ0n) is 12.3. The van der Waals surface area contributed by atoms with Gasteiger partial charge in [-0.25, -0.2) is 8.42 Å². The molecule has 3 rings (SSSR count).